The summed E-state index contributed by atoms with van der Waals surface area (Å²) >= 11 is 28.2. The zero-order valence-electron chi connectivity index (χ0n) is 13.4. The molecule has 0 bridgehead atoms. The number of hydrogen-bond donors (Lipinski definition) is 0. The molecule has 0 spiro atoms. The maximum Gasteiger partial charge on any atom is 0.134 e. The molecule has 0 radical (unpaired) electrons. The van der Waals surface area contributed by atoms with Gasteiger partial charge in [0.15, 0.2) is 0 Å². The summed E-state index contributed by atoms with van der Waals surface area (Å²) in [6.07, 6.45) is 0. The van der Waals surface area contributed by atoms with Crippen LogP contribution in [-0.4, -0.2) is 4.98 Å². The molecule has 1 heterocycles. The number of halogens is 4. The summed E-state index contributed by atoms with van der Waals surface area (Å²) in [7, 11) is 0. The molecule has 0 aliphatic carbocycles. The number of thioether (sulfide) groups is 2. The van der Waals surface area contributed by atoms with Crippen molar-refractivity contribution >= 4 is 69.9 Å². The van der Waals surface area contributed by atoms with E-state index in [9.17, 15) is 0 Å². The molecule has 0 N–H and O–H groups in total. The summed E-state index contributed by atoms with van der Waals surface area (Å²) < 4.78 is 0. The van der Waals surface area contributed by atoms with E-state index in [1.54, 1.807) is 23.5 Å². The van der Waals surface area contributed by atoms with E-state index in [2.05, 4.69) is 4.98 Å². The average Bonchev–Trinajstić information content (AvgIpc) is 2.62. The van der Waals surface area contributed by atoms with Gasteiger partial charge in [-0.15, -0.1) is 23.5 Å². The number of hydrogen-bond acceptors (Lipinski definition) is 3. The molecule has 134 valence electrons. The van der Waals surface area contributed by atoms with Gasteiger partial charge in [0.25, 0.3) is 0 Å². The van der Waals surface area contributed by atoms with Crippen LogP contribution in [0.1, 0.15) is 11.1 Å². The van der Waals surface area contributed by atoms with Crippen LogP contribution in [0.25, 0.3) is 0 Å². The first-order chi connectivity index (χ1) is 12.5. The number of benzene rings is 2. The molecule has 0 aliphatic rings. The van der Waals surface area contributed by atoms with Crippen LogP contribution in [0.4, 0.5) is 0 Å². The number of pyridine rings is 1. The molecule has 0 amide bonds. The smallest absolute Gasteiger partial charge is 0.134 e. The van der Waals surface area contributed by atoms with Crippen LogP contribution in [0.3, 0.4) is 0 Å². The minimum atomic E-state index is 0.418. The van der Waals surface area contributed by atoms with Crippen molar-refractivity contribution in [2.75, 3.05) is 0 Å². The van der Waals surface area contributed by atoms with E-state index in [-0.39, 0.29) is 0 Å². The Bertz CT molecular complexity index is 847. The first-order valence-corrected chi connectivity index (χ1v) is 11.1. The Morgan fingerprint density at radius 3 is 1.50 bits per heavy atom. The van der Waals surface area contributed by atoms with Gasteiger partial charge in [0.2, 0.25) is 0 Å². The summed E-state index contributed by atoms with van der Waals surface area (Å²) in [5.41, 5.74) is 1.85. The highest BCUT2D eigenvalue weighted by Gasteiger charge is 2.12. The van der Waals surface area contributed by atoms with Gasteiger partial charge in [-0.1, -0.05) is 70.7 Å². The fourth-order valence-electron chi connectivity index (χ4n) is 2.20. The Balaban J connectivity index is 1.74. The molecule has 0 unspecified atom stereocenters. The molecule has 0 aliphatic heterocycles. The van der Waals surface area contributed by atoms with Crippen molar-refractivity contribution in [3.63, 3.8) is 0 Å². The minimum Gasteiger partial charge on any atom is -0.224 e. The normalized spacial score (nSPS) is 10.9. The molecule has 0 saturated carbocycles. The van der Waals surface area contributed by atoms with Crippen LogP contribution in [-0.2, 0) is 11.5 Å². The van der Waals surface area contributed by atoms with Crippen molar-refractivity contribution in [2.24, 2.45) is 0 Å². The van der Waals surface area contributed by atoms with Crippen molar-refractivity contribution < 1.29 is 0 Å². The van der Waals surface area contributed by atoms with Gasteiger partial charge in [0.1, 0.15) is 10.3 Å². The zero-order valence-corrected chi connectivity index (χ0v) is 18.0. The van der Waals surface area contributed by atoms with Crippen LogP contribution in [0, 0.1) is 0 Å². The van der Waals surface area contributed by atoms with Crippen molar-refractivity contribution in [1.29, 1.82) is 0 Å². The van der Waals surface area contributed by atoms with Gasteiger partial charge in [0.05, 0.1) is 10.0 Å². The second-order valence-corrected chi connectivity index (χ2v) is 8.89. The van der Waals surface area contributed by atoms with Gasteiger partial charge in [-0.3, -0.25) is 0 Å². The third kappa shape index (κ3) is 5.25. The molecule has 1 aromatic heterocycles. The quantitative estimate of drug-likeness (QED) is 0.271. The molecule has 2 aromatic carbocycles. The summed E-state index contributed by atoms with van der Waals surface area (Å²) in [5.74, 6) is 1.33. The highest BCUT2D eigenvalue weighted by molar-refractivity contribution is 7.99. The van der Waals surface area contributed by atoms with Crippen LogP contribution in [0.15, 0.2) is 64.4 Å². The van der Waals surface area contributed by atoms with E-state index in [1.165, 1.54) is 0 Å². The number of nitrogens with zero attached hydrogens (tertiary/aromatic N) is 1. The Hall–Kier alpha value is -0.550. The maximum atomic E-state index is 6.28. The van der Waals surface area contributed by atoms with Crippen molar-refractivity contribution in [3.8, 4) is 0 Å². The van der Waals surface area contributed by atoms with Gasteiger partial charge < -0.3 is 0 Å². The van der Waals surface area contributed by atoms with Gasteiger partial charge >= 0.3 is 0 Å². The Morgan fingerprint density at radius 2 is 1.08 bits per heavy atom. The van der Waals surface area contributed by atoms with Crippen molar-refractivity contribution in [1.82, 2.24) is 4.98 Å². The van der Waals surface area contributed by atoms with Crippen molar-refractivity contribution in [2.45, 2.75) is 21.3 Å². The van der Waals surface area contributed by atoms with Gasteiger partial charge in [0, 0.05) is 32.4 Å². The lowest BCUT2D eigenvalue weighted by Gasteiger charge is -2.10. The van der Waals surface area contributed by atoms with Gasteiger partial charge in [-0.2, -0.15) is 0 Å². The minimum absolute atomic E-state index is 0.418. The fourth-order valence-corrected chi connectivity index (χ4v) is 5.23. The monoisotopic (exact) mass is 459 g/mol. The Morgan fingerprint density at radius 1 is 0.654 bits per heavy atom. The molecule has 26 heavy (non-hydrogen) atoms. The lowest BCUT2D eigenvalue weighted by molar-refractivity contribution is 1.19. The molecular formula is C19H13Cl4NS2. The molecule has 3 aromatic rings. The summed E-state index contributed by atoms with van der Waals surface area (Å²) in [4.78, 5) is 6.29. The number of rotatable bonds is 6. The summed E-state index contributed by atoms with van der Waals surface area (Å²) in [6.45, 7) is 0. The second-order valence-electron chi connectivity index (χ2n) is 5.33. The fraction of sp³-hybridized carbons (Fsp3) is 0.105. The summed E-state index contributed by atoms with van der Waals surface area (Å²) in [6, 6.07) is 17.5. The zero-order chi connectivity index (χ0) is 18.5. The molecular weight excluding hydrogens is 448 g/mol. The van der Waals surface area contributed by atoms with E-state index in [1.807, 2.05) is 54.6 Å². The topological polar surface area (TPSA) is 12.9 Å². The largest absolute Gasteiger partial charge is 0.224 e. The Labute approximate surface area is 181 Å². The van der Waals surface area contributed by atoms with Crippen LogP contribution >= 0.6 is 69.9 Å². The first-order valence-electron chi connectivity index (χ1n) is 7.63. The molecule has 0 fully saturated rings. The standard InChI is InChI=1S/C19H13Cl4NS2/c20-14-5-1-3-7-16(14)25-10-12-9-13(19(23)24-18(12)22)11-26-17-8-4-2-6-15(17)21/h1-9H,10-11H2. The predicted octanol–water partition coefficient (Wildman–Crippen LogP) is 8.28. The summed E-state index contributed by atoms with van der Waals surface area (Å²) in [5, 5.41) is 2.29. The van der Waals surface area contributed by atoms with Crippen LogP contribution in [0.5, 0.6) is 0 Å². The van der Waals surface area contributed by atoms with Crippen LogP contribution < -0.4 is 0 Å². The average molecular weight is 461 g/mol. The number of aromatic nitrogens is 1. The first kappa shape index (κ1) is 20.2. The maximum absolute atomic E-state index is 6.28. The van der Waals surface area contributed by atoms with E-state index in [4.69, 9.17) is 46.4 Å². The molecule has 3 rings (SSSR count). The highest BCUT2D eigenvalue weighted by Crippen LogP contribution is 2.35. The lowest BCUT2D eigenvalue weighted by Crippen LogP contribution is -1.94. The van der Waals surface area contributed by atoms with E-state index in [0.29, 0.717) is 21.8 Å². The molecule has 0 atom stereocenters. The third-order valence-corrected chi connectivity index (χ3v) is 7.30. The second kappa shape index (κ2) is 9.59. The molecule has 7 heteroatoms. The third-order valence-electron chi connectivity index (χ3n) is 3.51. The van der Waals surface area contributed by atoms with Crippen LogP contribution in [0.2, 0.25) is 20.4 Å². The predicted molar refractivity (Wildman–Crippen MR) is 116 cm³/mol. The van der Waals surface area contributed by atoms with Gasteiger partial charge in [-0.25, -0.2) is 4.98 Å². The highest BCUT2D eigenvalue weighted by atomic mass is 35.5. The molecule has 0 saturated heterocycles. The lowest BCUT2D eigenvalue weighted by atomic mass is 10.2. The van der Waals surface area contributed by atoms with E-state index < -0.39 is 0 Å². The van der Waals surface area contributed by atoms with E-state index in [0.717, 1.165) is 31.0 Å². The SMILES string of the molecule is Clc1ccccc1SCc1cc(CSc2ccccc2Cl)c(Cl)nc1Cl. The van der Waals surface area contributed by atoms with Gasteiger partial charge in [-0.05, 0) is 30.3 Å². The molecule has 1 nitrogen and oxygen atoms in total. The van der Waals surface area contributed by atoms with E-state index >= 15 is 0 Å². The van der Waals surface area contributed by atoms with Crippen molar-refractivity contribution in [3.05, 3.63) is 86.1 Å². The Kier molecular flexibility index (Phi) is 7.44.